The number of hydrogen-bond acceptors (Lipinski definition) is 7. The Hall–Kier alpha value is -4.37. The molecule has 0 aliphatic heterocycles. The largest absolute Gasteiger partial charge is 0.472 e. The summed E-state index contributed by atoms with van der Waals surface area (Å²) in [6.07, 6.45) is 80.6. The fourth-order valence-electron chi connectivity index (χ4n) is 6.78. The summed E-state index contributed by atoms with van der Waals surface area (Å²) >= 11 is 0. The third-order valence-electron chi connectivity index (χ3n) is 11.1. The van der Waals surface area contributed by atoms with E-state index < -0.39 is 32.5 Å². The Balaban J connectivity index is 4.18. The molecule has 0 rings (SSSR count). The number of phosphoric acid groups is 1. The van der Waals surface area contributed by atoms with Crippen molar-refractivity contribution < 1.29 is 42.1 Å². The molecule has 0 bridgehead atoms. The molecule has 74 heavy (non-hydrogen) atoms. The third kappa shape index (κ3) is 56.9. The number of rotatable bonds is 49. The van der Waals surface area contributed by atoms with Crippen LogP contribution in [0.4, 0.5) is 0 Å². The number of nitrogens with zero attached hydrogens (tertiary/aromatic N) is 1. The molecule has 0 amide bonds. The van der Waals surface area contributed by atoms with E-state index in [1.807, 2.05) is 33.3 Å². The Morgan fingerprint density at radius 2 is 0.757 bits per heavy atom. The van der Waals surface area contributed by atoms with Crippen molar-refractivity contribution in [3.05, 3.63) is 158 Å². The standard InChI is InChI=1S/C64H102NO8P/c1-6-8-10-12-14-16-18-20-21-22-23-24-25-26-27-28-29-30-31-32-33-34-35-36-37-38-39-40-41-42-43-45-47-49-51-53-55-57-64(67)73-62(61-72-74(68,69)71-59-58-65(3,4)5)60-70-63(66)56-54-52-50-48-46-44-19-17-15-13-11-9-7-2/h8-11,14-17,20-21,23-24,26-27,29-30,32-33,35-36,38-39,44,46,50,52,62H,6-7,12-13,18-19,22,25,28,31,34,37,40-43,45,47-49,51,53-61H2,1-5H3/p+1/b10-8-,11-9-,16-14-,17-15-,21-20-,24-23-,27-26-,30-29-,33-32-,36-35-,39-38-,46-44-,52-50-. The van der Waals surface area contributed by atoms with Gasteiger partial charge in [0.05, 0.1) is 27.7 Å². The monoisotopic (exact) mass is 1040 g/mol. The van der Waals surface area contributed by atoms with Crippen LogP contribution < -0.4 is 0 Å². The molecule has 1 N–H and O–H groups in total. The first-order valence-electron chi connectivity index (χ1n) is 28.2. The van der Waals surface area contributed by atoms with Crippen LogP contribution >= 0.6 is 7.82 Å². The molecule has 2 unspecified atom stereocenters. The minimum Gasteiger partial charge on any atom is -0.462 e. The van der Waals surface area contributed by atoms with Crippen molar-refractivity contribution in [3.8, 4) is 0 Å². The number of quaternary nitrogens is 1. The van der Waals surface area contributed by atoms with Crippen LogP contribution in [0.3, 0.4) is 0 Å². The highest BCUT2D eigenvalue weighted by molar-refractivity contribution is 7.47. The molecule has 0 aromatic heterocycles. The van der Waals surface area contributed by atoms with Crippen LogP contribution in [-0.4, -0.2) is 74.9 Å². The molecular weight excluding hydrogens is 942 g/mol. The highest BCUT2D eigenvalue weighted by atomic mass is 31.2. The summed E-state index contributed by atoms with van der Waals surface area (Å²) in [5, 5.41) is 0. The minimum atomic E-state index is -4.41. The molecular formula is C64H103NO8P+. The van der Waals surface area contributed by atoms with Crippen LogP contribution in [0.1, 0.15) is 181 Å². The number of esters is 2. The van der Waals surface area contributed by atoms with E-state index in [1.165, 1.54) is 32.1 Å². The van der Waals surface area contributed by atoms with E-state index in [4.69, 9.17) is 18.5 Å². The van der Waals surface area contributed by atoms with Gasteiger partial charge in [-0.1, -0.05) is 217 Å². The molecule has 0 radical (unpaired) electrons. The molecule has 0 aliphatic carbocycles. The maximum atomic E-state index is 12.8. The SMILES string of the molecule is CC/C=C\C/C=C\C/C=C\C/C=C\C/C=C\C/C=C\C/C=C\C/C=C\C/C=C\CCCCCCCCCCCC(=O)OC(COC(=O)CC/C=C\C/C=C\C/C=C\C/C=C\CC)COP(=O)(O)OCC[N+](C)(C)C. The zero-order valence-electron chi connectivity index (χ0n) is 47.0. The lowest BCUT2D eigenvalue weighted by Gasteiger charge is -2.24. The fraction of sp³-hybridized carbons (Fsp3) is 0.562. The Kier molecular flexibility index (Phi) is 50.3. The molecule has 0 aromatic rings. The van der Waals surface area contributed by atoms with E-state index in [2.05, 4.69) is 160 Å². The van der Waals surface area contributed by atoms with Crippen LogP contribution in [-0.2, 0) is 32.7 Å². The molecule has 0 spiro atoms. The molecule has 10 heteroatoms. The zero-order chi connectivity index (χ0) is 54.2. The second-order valence-electron chi connectivity index (χ2n) is 19.2. The van der Waals surface area contributed by atoms with Gasteiger partial charge in [-0.15, -0.1) is 0 Å². The van der Waals surface area contributed by atoms with Gasteiger partial charge < -0.3 is 18.9 Å². The zero-order valence-corrected chi connectivity index (χ0v) is 47.9. The lowest BCUT2D eigenvalue weighted by atomic mass is 10.1. The molecule has 0 heterocycles. The molecule has 0 aliphatic rings. The summed E-state index contributed by atoms with van der Waals surface area (Å²) in [7, 11) is 1.41. The van der Waals surface area contributed by atoms with Gasteiger partial charge in [-0.2, -0.15) is 0 Å². The predicted octanol–water partition coefficient (Wildman–Crippen LogP) is 17.7. The number of unbranched alkanes of at least 4 members (excludes halogenated alkanes) is 9. The van der Waals surface area contributed by atoms with Crippen LogP contribution in [0.2, 0.25) is 0 Å². The first-order chi connectivity index (χ1) is 36.0. The van der Waals surface area contributed by atoms with Crippen molar-refractivity contribution in [2.24, 2.45) is 0 Å². The van der Waals surface area contributed by atoms with Gasteiger partial charge in [0.1, 0.15) is 19.8 Å². The second-order valence-corrected chi connectivity index (χ2v) is 20.7. The summed E-state index contributed by atoms with van der Waals surface area (Å²) in [5.41, 5.74) is 0. The van der Waals surface area contributed by atoms with E-state index in [1.54, 1.807) is 0 Å². The van der Waals surface area contributed by atoms with Crippen molar-refractivity contribution in [3.63, 3.8) is 0 Å². The van der Waals surface area contributed by atoms with E-state index in [9.17, 15) is 19.0 Å². The maximum absolute atomic E-state index is 12.8. The van der Waals surface area contributed by atoms with E-state index in [0.29, 0.717) is 23.9 Å². The topological polar surface area (TPSA) is 108 Å². The van der Waals surface area contributed by atoms with Crippen LogP contribution in [0.25, 0.3) is 0 Å². The van der Waals surface area contributed by atoms with Crippen LogP contribution in [0.15, 0.2) is 158 Å². The summed E-state index contributed by atoms with van der Waals surface area (Å²) < 4.78 is 34.3. The van der Waals surface area contributed by atoms with Crippen molar-refractivity contribution in [2.75, 3.05) is 47.5 Å². The summed E-state index contributed by atoms with van der Waals surface area (Å²) in [6, 6.07) is 0. The van der Waals surface area contributed by atoms with E-state index in [0.717, 1.165) is 109 Å². The summed E-state index contributed by atoms with van der Waals surface area (Å²) in [6.45, 7) is 4.07. The number of carbonyl (C=O) groups excluding carboxylic acids is 2. The van der Waals surface area contributed by atoms with Gasteiger partial charge in [0, 0.05) is 12.8 Å². The highest BCUT2D eigenvalue weighted by Crippen LogP contribution is 2.43. The molecule has 416 valence electrons. The van der Waals surface area contributed by atoms with Gasteiger partial charge in [-0.05, 0) is 109 Å². The molecule has 9 nitrogen and oxygen atoms in total. The van der Waals surface area contributed by atoms with Crippen molar-refractivity contribution in [1.29, 1.82) is 0 Å². The Morgan fingerprint density at radius 3 is 1.14 bits per heavy atom. The van der Waals surface area contributed by atoms with Crippen LogP contribution in [0, 0.1) is 0 Å². The smallest absolute Gasteiger partial charge is 0.462 e. The second kappa shape index (κ2) is 53.5. The van der Waals surface area contributed by atoms with Gasteiger partial charge in [0.25, 0.3) is 0 Å². The molecule has 0 fully saturated rings. The third-order valence-corrected chi connectivity index (χ3v) is 12.1. The quantitative estimate of drug-likeness (QED) is 0.0211. The number of likely N-dealkylation sites (N-methyl/N-ethyl adjacent to an activating group) is 1. The van der Waals surface area contributed by atoms with E-state index in [-0.39, 0.29) is 26.1 Å². The fourth-order valence-corrected chi connectivity index (χ4v) is 7.53. The number of phosphoric ester groups is 1. The van der Waals surface area contributed by atoms with Crippen molar-refractivity contribution in [2.45, 2.75) is 187 Å². The Labute approximate surface area is 452 Å². The van der Waals surface area contributed by atoms with Crippen LogP contribution in [0.5, 0.6) is 0 Å². The minimum absolute atomic E-state index is 0.0113. The Bertz CT molecular complexity index is 1800. The molecule has 0 aromatic carbocycles. The summed E-state index contributed by atoms with van der Waals surface area (Å²) in [5.74, 6) is -0.914. The molecule has 0 saturated heterocycles. The average Bonchev–Trinajstić information content (AvgIpc) is 3.36. The lowest BCUT2D eigenvalue weighted by molar-refractivity contribution is -0.870. The van der Waals surface area contributed by atoms with Gasteiger partial charge in [0.15, 0.2) is 6.10 Å². The number of ether oxygens (including phenoxy) is 2. The van der Waals surface area contributed by atoms with Gasteiger partial charge in [-0.3, -0.25) is 18.6 Å². The lowest BCUT2D eigenvalue weighted by Crippen LogP contribution is -2.37. The maximum Gasteiger partial charge on any atom is 0.472 e. The number of allylic oxidation sites excluding steroid dienone is 26. The number of hydrogen-bond donors (Lipinski definition) is 1. The van der Waals surface area contributed by atoms with Gasteiger partial charge in [0.2, 0.25) is 0 Å². The summed E-state index contributed by atoms with van der Waals surface area (Å²) in [4.78, 5) is 35.5. The van der Waals surface area contributed by atoms with Gasteiger partial charge in [-0.25, -0.2) is 4.57 Å². The number of carbonyl (C=O) groups is 2. The normalized spacial score (nSPS) is 14.5. The Morgan fingerprint density at radius 1 is 0.419 bits per heavy atom. The predicted molar refractivity (Wildman–Crippen MR) is 316 cm³/mol. The van der Waals surface area contributed by atoms with E-state index >= 15 is 0 Å². The average molecular weight is 1050 g/mol. The van der Waals surface area contributed by atoms with Gasteiger partial charge >= 0.3 is 19.8 Å². The molecule has 0 saturated carbocycles. The first-order valence-corrected chi connectivity index (χ1v) is 29.7. The first kappa shape index (κ1) is 69.6. The van der Waals surface area contributed by atoms with Crippen molar-refractivity contribution in [1.82, 2.24) is 0 Å². The highest BCUT2D eigenvalue weighted by Gasteiger charge is 2.27. The van der Waals surface area contributed by atoms with Crippen molar-refractivity contribution >= 4 is 19.8 Å². The molecule has 2 atom stereocenters.